The number of hydrogen-bond donors (Lipinski definition) is 2. The van der Waals surface area contributed by atoms with E-state index < -0.39 is 86.1 Å². The highest BCUT2D eigenvalue weighted by Gasteiger charge is 2.53. The molecule has 2 unspecified atom stereocenters. The highest BCUT2D eigenvalue weighted by molar-refractivity contribution is 6.74. The minimum Gasteiger partial charge on any atom is -0.460 e. The molecule has 0 aromatic heterocycles. The normalized spacial score (nSPS) is 36.8. The third-order valence-corrected chi connectivity index (χ3v) is 21.9. The van der Waals surface area contributed by atoms with Gasteiger partial charge in [0, 0.05) is 71.7 Å². The highest BCUT2D eigenvalue weighted by Crippen LogP contribution is 2.39. The number of cyclic esters (lactones) is 1. The summed E-state index contributed by atoms with van der Waals surface area (Å²) in [6.45, 7) is 25.3. The number of hydrogen-bond acceptors (Lipinski definition) is 14. The van der Waals surface area contributed by atoms with E-state index >= 15 is 0 Å². The lowest BCUT2D eigenvalue weighted by molar-refractivity contribution is -0.265. The van der Waals surface area contributed by atoms with Crippen molar-refractivity contribution >= 4 is 37.5 Å². The van der Waals surface area contributed by atoms with Crippen LogP contribution in [-0.4, -0.2) is 148 Å². The number of ether oxygens (including phenoxy) is 6. The number of rotatable bonds is 12. The number of fused-ring (bicyclic) bond motifs is 3. The summed E-state index contributed by atoms with van der Waals surface area (Å²) < 4.78 is 42.9. The number of nitrogens with zero attached hydrogens (tertiary/aromatic N) is 1. The summed E-state index contributed by atoms with van der Waals surface area (Å²) in [5, 5.41) is 23.7. The smallest absolute Gasteiger partial charge is 0.329 e. The van der Waals surface area contributed by atoms with Gasteiger partial charge in [-0.1, -0.05) is 91.8 Å². The van der Waals surface area contributed by atoms with Crippen LogP contribution in [0.3, 0.4) is 0 Å². The highest BCUT2D eigenvalue weighted by atomic mass is 28.4. The molecule has 0 aromatic carbocycles. The number of allylic oxidation sites excluding steroid dienone is 6. The van der Waals surface area contributed by atoms with E-state index in [2.05, 4.69) is 33.9 Å². The van der Waals surface area contributed by atoms with Crippen LogP contribution < -0.4 is 0 Å². The average molecular weight is 1090 g/mol. The van der Waals surface area contributed by atoms with Gasteiger partial charge in [0.2, 0.25) is 5.79 Å². The molecule has 0 radical (unpaired) electrons. The predicted molar refractivity (Wildman–Crippen MR) is 297 cm³/mol. The fraction of sp³-hybridized carbons (Fsp3) is 0.783. The molecule has 2 N–H and O–H groups in total. The van der Waals surface area contributed by atoms with Crippen LogP contribution in [0.1, 0.15) is 153 Å². The fourth-order valence-electron chi connectivity index (χ4n) is 11.1. The van der Waals surface area contributed by atoms with Gasteiger partial charge >= 0.3 is 5.97 Å². The predicted octanol–water partition coefficient (Wildman–Crippen LogP) is 9.62. The quantitative estimate of drug-likeness (QED) is 0.0617. The molecule has 15 nitrogen and oxygen atoms in total. The molecule has 2 saturated heterocycles. The van der Waals surface area contributed by atoms with E-state index in [-0.39, 0.29) is 66.0 Å². The topological polar surface area (TPSA) is 194 Å². The number of carbonyl (C=O) groups excluding carboxylic acids is 5. The largest absolute Gasteiger partial charge is 0.460 e. The van der Waals surface area contributed by atoms with E-state index in [1.807, 2.05) is 58.1 Å². The maximum Gasteiger partial charge on any atom is 0.329 e. The SMILES string of the molecule is CO[C@H]1C[C@@H]2CCC(C)[C@@](O)(O2)C(=O)C(=O)N2CCCC[C@H]2C(=O)OC([C@H](C)C[C@@H]2CC[C@@H](OCCCO[Si](C)(C)C(C)(C)C)[C@H](OC)C2)CC(=O)[C@H](C)/C=C(\C)[C@@H](O)[C@@H](OC)C(=O)[C@H](C)C[C@H](C)/C=C/C=C/C=C/1C. The molecular formula is C60H99NO14Si. The van der Waals surface area contributed by atoms with Crippen LogP contribution in [-0.2, 0) is 56.8 Å². The van der Waals surface area contributed by atoms with Crippen molar-refractivity contribution in [3.05, 3.63) is 47.6 Å². The number of Topliss-reactive ketones (excluding diaryl/α,β-unsaturated/α-hetero) is 3. The summed E-state index contributed by atoms with van der Waals surface area (Å²) in [7, 11) is 2.81. The molecular weight excluding hydrogens is 987 g/mol. The Balaban J connectivity index is 1.64. The average Bonchev–Trinajstić information content (AvgIpc) is 3.37. The van der Waals surface area contributed by atoms with Crippen molar-refractivity contribution in [3.63, 3.8) is 0 Å². The van der Waals surface area contributed by atoms with Gasteiger partial charge in [0.05, 0.1) is 24.4 Å². The van der Waals surface area contributed by atoms with Crippen LogP contribution >= 0.6 is 0 Å². The van der Waals surface area contributed by atoms with Gasteiger partial charge in [-0.2, -0.15) is 0 Å². The first-order chi connectivity index (χ1) is 35.7. The van der Waals surface area contributed by atoms with Crippen LogP contribution in [0, 0.1) is 35.5 Å². The van der Waals surface area contributed by atoms with E-state index in [4.69, 9.17) is 32.8 Å². The number of aliphatic hydroxyl groups excluding tert-OH is 1. The Kier molecular flexibility index (Phi) is 25.7. The molecule has 1 aliphatic carbocycles. The first-order valence-electron chi connectivity index (χ1n) is 28.4. The third kappa shape index (κ3) is 17.9. The van der Waals surface area contributed by atoms with E-state index in [0.717, 1.165) is 24.8 Å². The molecule has 16 heteroatoms. The number of ketones is 3. The fourth-order valence-corrected chi connectivity index (χ4v) is 12.2. The number of piperidine rings is 1. The molecule has 1 amide bonds. The second-order valence-electron chi connectivity index (χ2n) is 24.4. The number of carbonyl (C=O) groups is 5. The van der Waals surface area contributed by atoms with E-state index in [1.54, 1.807) is 41.1 Å². The molecule has 3 aliphatic heterocycles. The van der Waals surface area contributed by atoms with Gasteiger partial charge in [-0.3, -0.25) is 19.2 Å². The Morgan fingerprint density at radius 2 is 1.55 bits per heavy atom. The summed E-state index contributed by atoms with van der Waals surface area (Å²) in [5.74, 6) is -7.85. The van der Waals surface area contributed by atoms with Crippen molar-refractivity contribution in [3.8, 4) is 0 Å². The summed E-state index contributed by atoms with van der Waals surface area (Å²) in [5.41, 5.74) is 1.28. The lowest BCUT2D eigenvalue weighted by Crippen LogP contribution is -2.61. The van der Waals surface area contributed by atoms with Crippen LogP contribution in [0.2, 0.25) is 18.1 Å². The number of aliphatic hydroxyl groups is 2. The summed E-state index contributed by atoms with van der Waals surface area (Å²) in [4.78, 5) is 72.8. The van der Waals surface area contributed by atoms with Gasteiger partial charge in [-0.05, 0) is 132 Å². The monoisotopic (exact) mass is 1090 g/mol. The van der Waals surface area contributed by atoms with Crippen molar-refractivity contribution < 1.29 is 67.0 Å². The van der Waals surface area contributed by atoms with E-state index in [1.165, 1.54) is 12.0 Å². The van der Waals surface area contributed by atoms with E-state index in [9.17, 15) is 34.2 Å². The third-order valence-electron chi connectivity index (χ3n) is 17.3. The zero-order valence-corrected chi connectivity index (χ0v) is 50.1. The standard InChI is InChI=1S/C60H99NO14Si/c1-38-22-17-16-18-23-39(2)50(69-11)36-46-27-25-44(7)60(68,75-46)56(65)57(66)61-29-20-19-24-47(61)58(67)74-51(37-48(62)40(3)33-43(6)54(64)55(71-13)53(63)42(5)32-38)41(4)34-45-26-28-49(52(35-45)70-12)72-30-21-31-73-76(14,15)59(8,9)10/h16-18,22-23,33,38,40-42,44-47,49-52,54-55,64,68H,19-21,24-32,34-37H2,1-15H3/b18-16+,22-17+,39-23+,43-33+/t38-,40-,41-,42-,44?,45+,46+,47+,49-,50+,51?,52-,54-,55+,60-/m1/s1. The number of amides is 1. The molecule has 15 atom stereocenters. The first-order valence-corrected chi connectivity index (χ1v) is 31.3. The zero-order valence-electron chi connectivity index (χ0n) is 49.1. The molecule has 76 heavy (non-hydrogen) atoms. The van der Waals surface area contributed by atoms with Crippen molar-refractivity contribution in [2.45, 2.75) is 225 Å². The molecule has 3 fully saturated rings. The Bertz CT molecular complexity index is 2040. The maximum atomic E-state index is 14.6. The Morgan fingerprint density at radius 1 is 0.842 bits per heavy atom. The Hall–Kier alpha value is -3.19. The van der Waals surface area contributed by atoms with E-state index in [0.29, 0.717) is 70.2 Å². The van der Waals surface area contributed by atoms with Crippen molar-refractivity contribution in [2.24, 2.45) is 35.5 Å². The number of methoxy groups -OCH3 is 3. The minimum absolute atomic E-state index is 0.0172. The van der Waals surface area contributed by atoms with Gasteiger partial charge in [0.25, 0.3) is 11.7 Å². The van der Waals surface area contributed by atoms with Gasteiger partial charge in [0.1, 0.15) is 30.1 Å². The van der Waals surface area contributed by atoms with Crippen LogP contribution in [0.15, 0.2) is 47.6 Å². The molecule has 1 saturated carbocycles. The summed E-state index contributed by atoms with van der Waals surface area (Å²) in [6, 6.07) is -1.14. The second kappa shape index (κ2) is 29.9. The Labute approximate surface area is 457 Å². The lowest BCUT2D eigenvalue weighted by Gasteiger charge is -2.42. The Morgan fingerprint density at radius 3 is 2.21 bits per heavy atom. The molecule has 3 heterocycles. The summed E-state index contributed by atoms with van der Waals surface area (Å²) in [6.07, 6.45) is 13.3. The van der Waals surface area contributed by atoms with Gasteiger partial charge < -0.3 is 48.0 Å². The first kappa shape index (κ1) is 65.3. The molecule has 2 bridgehead atoms. The van der Waals surface area contributed by atoms with Crippen LogP contribution in [0.5, 0.6) is 0 Å². The van der Waals surface area contributed by atoms with Gasteiger partial charge in [-0.15, -0.1) is 0 Å². The van der Waals surface area contributed by atoms with Gasteiger partial charge in [0.15, 0.2) is 14.1 Å². The molecule has 0 spiro atoms. The summed E-state index contributed by atoms with van der Waals surface area (Å²) >= 11 is 0. The molecule has 0 aromatic rings. The maximum absolute atomic E-state index is 14.6. The van der Waals surface area contributed by atoms with Crippen LogP contribution in [0.4, 0.5) is 0 Å². The van der Waals surface area contributed by atoms with Gasteiger partial charge in [-0.25, -0.2) is 4.79 Å². The lowest BCUT2D eigenvalue weighted by atomic mass is 9.78. The minimum atomic E-state index is -2.43. The second-order valence-corrected chi connectivity index (χ2v) is 29.2. The molecule has 4 rings (SSSR count). The van der Waals surface area contributed by atoms with Crippen LogP contribution in [0.25, 0.3) is 0 Å². The molecule has 432 valence electrons. The van der Waals surface area contributed by atoms with Crippen molar-refractivity contribution in [1.82, 2.24) is 4.90 Å². The van der Waals surface area contributed by atoms with Crippen molar-refractivity contribution in [2.75, 3.05) is 41.1 Å². The number of esters is 1. The van der Waals surface area contributed by atoms with Crippen molar-refractivity contribution in [1.29, 1.82) is 0 Å². The molecule has 4 aliphatic rings. The zero-order chi connectivity index (χ0) is 56.7.